The van der Waals surface area contributed by atoms with Gasteiger partial charge in [-0.25, -0.2) is 13.6 Å². The first-order chi connectivity index (χ1) is 13.6. The van der Waals surface area contributed by atoms with Crippen molar-refractivity contribution in [2.45, 2.75) is 24.7 Å². The summed E-state index contributed by atoms with van der Waals surface area (Å²) in [5.41, 5.74) is 3.30. The number of fused-ring (bicyclic) bond motifs is 3. The van der Waals surface area contributed by atoms with Crippen molar-refractivity contribution in [1.82, 2.24) is 0 Å². The fourth-order valence-electron chi connectivity index (χ4n) is 3.46. The lowest BCUT2D eigenvalue weighted by atomic mass is 9.88. The van der Waals surface area contributed by atoms with Gasteiger partial charge in [0, 0.05) is 5.56 Å². The van der Waals surface area contributed by atoms with Crippen LogP contribution in [0.25, 0.3) is 11.1 Å². The topological polar surface area (TPSA) is 78.6 Å². The summed E-state index contributed by atoms with van der Waals surface area (Å²) in [6.07, 6.45) is -0.364. The van der Waals surface area contributed by atoms with E-state index in [2.05, 4.69) is 15.9 Å². The number of primary sulfonamides is 1. The predicted molar refractivity (Wildman–Crippen MR) is 119 cm³/mol. The van der Waals surface area contributed by atoms with Crippen molar-refractivity contribution in [3.63, 3.8) is 0 Å². The maximum atomic E-state index is 12.2. The largest absolute Gasteiger partial charge is 0.496 e. The Labute approximate surface area is 182 Å². The number of halogens is 1. The molecule has 0 bridgehead atoms. The Morgan fingerprint density at radius 3 is 2.55 bits per heavy atom. The third kappa shape index (κ3) is 3.38. The van der Waals surface area contributed by atoms with E-state index < -0.39 is 14.8 Å². The van der Waals surface area contributed by atoms with Gasteiger partial charge in [0.2, 0.25) is 10.0 Å². The number of methoxy groups -OCH3 is 1. The Hall–Kier alpha value is -1.87. The molecule has 29 heavy (non-hydrogen) atoms. The third-order valence-corrected chi connectivity index (χ3v) is 8.64. The van der Waals surface area contributed by atoms with Crippen LogP contribution in [0, 0.1) is 0 Å². The third-order valence-electron chi connectivity index (χ3n) is 5.32. The molecule has 1 aromatic heterocycles. The highest BCUT2D eigenvalue weighted by atomic mass is 79.9. The van der Waals surface area contributed by atoms with Crippen LogP contribution in [-0.2, 0) is 14.8 Å². The molecule has 0 radical (unpaired) electrons. The maximum Gasteiger partial charge on any atom is 0.218 e. The van der Waals surface area contributed by atoms with Gasteiger partial charge in [0.15, 0.2) is 6.10 Å². The monoisotopic (exact) mass is 493 g/mol. The highest BCUT2D eigenvalue weighted by molar-refractivity contribution is 9.11. The maximum absolute atomic E-state index is 12.2. The van der Waals surface area contributed by atoms with Crippen LogP contribution in [-0.4, -0.2) is 15.5 Å². The number of benzene rings is 2. The van der Waals surface area contributed by atoms with E-state index in [4.69, 9.17) is 14.6 Å². The Morgan fingerprint density at radius 1 is 1.17 bits per heavy atom. The fraction of sp³-hybridized carbons (Fsp3) is 0.238. The second-order valence-corrected chi connectivity index (χ2v) is 11.9. The standard InChI is InChI=1S/C21H20BrNO4S2/c1-21(2,29(23,24)25)12-7-8-13-14(11-12)20(17-9-10-18(22)28-17)27-16-6-4-5-15(26-3)19(13)16/h4-11,20H,1-3H3,(H2,23,24,25). The van der Waals surface area contributed by atoms with Crippen molar-refractivity contribution in [3.8, 4) is 22.6 Å². The number of ether oxygens (including phenoxy) is 2. The number of rotatable bonds is 4. The Balaban J connectivity index is 1.98. The molecule has 1 aliphatic heterocycles. The second-order valence-electron chi connectivity index (χ2n) is 7.33. The van der Waals surface area contributed by atoms with E-state index in [1.807, 2.05) is 48.5 Å². The zero-order valence-electron chi connectivity index (χ0n) is 16.1. The molecule has 4 rings (SSSR count). The summed E-state index contributed by atoms with van der Waals surface area (Å²) in [5, 5.41) is 5.51. The summed E-state index contributed by atoms with van der Waals surface area (Å²) in [6, 6.07) is 15.3. The van der Waals surface area contributed by atoms with Crippen LogP contribution in [0.3, 0.4) is 0 Å². The van der Waals surface area contributed by atoms with Crippen LogP contribution in [0.15, 0.2) is 52.3 Å². The van der Waals surface area contributed by atoms with Gasteiger partial charge in [-0.15, -0.1) is 11.3 Å². The molecule has 0 saturated carbocycles. The molecule has 152 valence electrons. The molecular weight excluding hydrogens is 474 g/mol. The molecule has 0 amide bonds. The van der Waals surface area contributed by atoms with E-state index in [0.29, 0.717) is 11.3 Å². The summed E-state index contributed by atoms with van der Waals surface area (Å²) in [5.74, 6) is 1.43. The predicted octanol–water partition coefficient (Wildman–Crippen LogP) is 5.19. The Bertz CT molecular complexity index is 1200. The number of hydrogen-bond acceptors (Lipinski definition) is 5. The highest BCUT2D eigenvalue weighted by Crippen LogP contribution is 2.50. The molecule has 0 fully saturated rings. The second kappa shape index (κ2) is 7.12. The molecule has 5 nitrogen and oxygen atoms in total. The van der Waals surface area contributed by atoms with Gasteiger partial charge < -0.3 is 9.47 Å². The lowest BCUT2D eigenvalue weighted by Gasteiger charge is -2.31. The van der Waals surface area contributed by atoms with Gasteiger partial charge in [-0.1, -0.05) is 18.2 Å². The average molecular weight is 494 g/mol. The molecule has 1 atom stereocenters. The zero-order valence-corrected chi connectivity index (χ0v) is 19.3. The van der Waals surface area contributed by atoms with Crippen LogP contribution in [0.2, 0.25) is 0 Å². The van der Waals surface area contributed by atoms with E-state index in [0.717, 1.165) is 31.1 Å². The van der Waals surface area contributed by atoms with Crippen LogP contribution >= 0.6 is 27.3 Å². The van der Waals surface area contributed by atoms with Gasteiger partial charge in [-0.3, -0.25) is 0 Å². The summed E-state index contributed by atoms with van der Waals surface area (Å²) < 4.78 is 36.1. The molecule has 2 aromatic carbocycles. The minimum absolute atomic E-state index is 0.364. The normalized spacial score (nSPS) is 16.0. The number of thiophene rings is 1. The lowest BCUT2D eigenvalue weighted by molar-refractivity contribution is 0.245. The summed E-state index contributed by atoms with van der Waals surface area (Å²) in [6.45, 7) is 3.22. The molecule has 0 aliphatic carbocycles. The molecule has 3 aromatic rings. The molecule has 1 aliphatic rings. The number of hydrogen-bond donors (Lipinski definition) is 1. The fourth-order valence-corrected chi connectivity index (χ4v) is 5.39. The summed E-state index contributed by atoms with van der Waals surface area (Å²) in [4.78, 5) is 1.01. The smallest absolute Gasteiger partial charge is 0.218 e. The van der Waals surface area contributed by atoms with Crippen LogP contribution < -0.4 is 14.6 Å². The number of nitrogens with two attached hydrogens (primary N) is 1. The molecule has 1 unspecified atom stereocenters. The first kappa shape index (κ1) is 20.4. The van der Waals surface area contributed by atoms with Crippen molar-refractivity contribution in [2.75, 3.05) is 7.11 Å². The van der Waals surface area contributed by atoms with Crippen LogP contribution in [0.5, 0.6) is 11.5 Å². The summed E-state index contributed by atoms with van der Waals surface area (Å²) in [7, 11) is -2.18. The molecule has 2 heterocycles. The SMILES string of the molecule is COc1cccc2c1-c1ccc(C(C)(C)S(N)(=O)=O)cc1C(c1ccc(Br)s1)O2. The molecule has 0 saturated heterocycles. The molecule has 2 N–H and O–H groups in total. The van der Waals surface area contributed by atoms with Crippen molar-refractivity contribution in [2.24, 2.45) is 5.14 Å². The van der Waals surface area contributed by atoms with Crippen molar-refractivity contribution in [1.29, 1.82) is 0 Å². The van der Waals surface area contributed by atoms with E-state index in [9.17, 15) is 8.42 Å². The summed E-state index contributed by atoms with van der Waals surface area (Å²) >= 11 is 5.09. The lowest BCUT2D eigenvalue weighted by Crippen LogP contribution is -2.35. The minimum atomic E-state index is -3.80. The van der Waals surface area contributed by atoms with E-state index in [-0.39, 0.29) is 6.10 Å². The van der Waals surface area contributed by atoms with Crippen LogP contribution in [0.4, 0.5) is 0 Å². The van der Waals surface area contributed by atoms with Crippen molar-refractivity contribution < 1.29 is 17.9 Å². The van der Waals surface area contributed by atoms with E-state index >= 15 is 0 Å². The van der Waals surface area contributed by atoms with Crippen molar-refractivity contribution in [3.05, 3.63) is 68.3 Å². The van der Waals surface area contributed by atoms with E-state index in [1.165, 1.54) is 0 Å². The molecule has 0 spiro atoms. The molecular formula is C21H20BrNO4S2. The minimum Gasteiger partial charge on any atom is -0.496 e. The van der Waals surface area contributed by atoms with Gasteiger partial charge in [-0.2, -0.15) is 0 Å². The zero-order chi connectivity index (χ0) is 21.0. The quantitative estimate of drug-likeness (QED) is 0.542. The molecule has 8 heteroatoms. The van der Waals surface area contributed by atoms with Crippen LogP contribution in [0.1, 0.15) is 36.0 Å². The van der Waals surface area contributed by atoms with Gasteiger partial charge in [-0.05, 0) is 71.2 Å². The Kier molecular flexibility index (Phi) is 5.01. The first-order valence-corrected chi connectivity index (χ1v) is 12.0. The first-order valence-electron chi connectivity index (χ1n) is 8.89. The van der Waals surface area contributed by atoms with Gasteiger partial charge >= 0.3 is 0 Å². The van der Waals surface area contributed by atoms with Gasteiger partial charge in [0.25, 0.3) is 0 Å². The number of sulfonamides is 1. The van der Waals surface area contributed by atoms with Gasteiger partial charge in [0.1, 0.15) is 16.2 Å². The van der Waals surface area contributed by atoms with Crippen molar-refractivity contribution >= 4 is 37.3 Å². The highest BCUT2D eigenvalue weighted by Gasteiger charge is 2.36. The van der Waals surface area contributed by atoms with Gasteiger partial charge in [0.05, 0.1) is 21.3 Å². The van der Waals surface area contributed by atoms with E-state index in [1.54, 1.807) is 32.3 Å². The Morgan fingerprint density at radius 2 is 1.93 bits per heavy atom. The average Bonchev–Trinajstić information content (AvgIpc) is 3.11.